The van der Waals surface area contributed by atoms with Gasteiger partial charge in [-0.2, -0.15) is 0 Å². The minimum atomic E-state index is 0.626. The summed E-state index contributed by atoms with van der Waals surface area (Å²) in [6.45, 7) is 5.78. The third-order valence-electron chi connectivity index (χ3n) is 3.42. The van der Waals surface area contributed by atoms with E-state index in [1.807, 2.05) is 0 Å². The van der Waals surface area contributed by atoms with Crippen LogP contribution in [-0.4, -0.2) is 6.73 Å². The fraction of sp³-hybridized carbons (Fsp3) is 0.250. The molecule has 0 spiro atoms. The van der Waals surface area contributed by atoms with Crippen LogP contribution in [-0.2, 0) is 6.54 Å². The highest BCUT2D eigenvalue weighted by Gasteiger charge is 2.18. The number of para-hydroxylation sites is 1. The SMILES string of the molecule is Cc1ccc2c(c1)OCN(c1ccccc1C)C2. The number of aryl methyl sites for hydroxylation is 2. The van der Waals surface area contributed by atoms with Gasteiger partial charge in [0.15, 0.2) is 6.73 Å². The Morgan fingerprint density at radius 2 is 1.89 bits per heavy atom. The summed E-state index contributed by atoms with van der Waals surface area (Å²) in [5, 5.41) is 0. The maximum atomic E-state index is 5.85. The van der Waals surface area contributed by atoms with Gasteiger partial charge in [-0.1, -0.05) is 30.3 Å². The van der Waals surface area contributed by atoms with Crippen LogP contribution in [0.4, 0.5) is 5.69 Å². The van der Waals surface area contributed by atoms with Gasteiger partial charge in [0.05, 0.1) is 0 Å². The average molecular weight is 239 g/mol. The standard InChI is InChI=1S/C16H17NO/c1-12-7-8-14-10-17(11-18-16(14)9-12)15-6-4-3-5-13(15)2/h3-9H,10-11H2,1-2H3. The molecule has 0 aliphatic carbocycles. The lowest BCUT2D eigenvalue weighted by Gasteiger charge is -2.31. The van der Waals surface area contributed by atoms with Crippen molar-refractivity contribution < 1.29 is 4.74 Å². The van der Waals surface area contributed by atoms with Crippen molar-refractivity contribution in [1.29, 1.82) is 0 Å². The molecule has 18 heavy (non-hydrogen) atoms. The van der Waals surface area contributed by atoms with E-state index in [4.69, 9.17) is 4.74 Å². The first-order valence-corrected chi connectivity index (χ1v) is 6.27. The Morgan fingerprint density at radius 3 is 2.72 bits per heavy atom. The first kappa shape index (κ1) is 11.1. The first-order chi connectivity index (χ1) is 8.74. The number of hydrogen-bond acceptors (Lipinski definition) is 2. The highest BCUT2D eigenvalue weighted by atomic mass is 16.5. The minimum Gasteiger partial charge on any atom is -0.473 e. The molecule has 0 atom stereocenters. The molecule has 0 radical (unpaired) electrons. The Labute approximate surface area is 108 Å². The molecule has 0 N–H and O–H groups in total. The third kappa shape index (κ3) is 1.94. The lowest BCUT2D eigenvalue weighted by molar-refractivity contribution is 0.289. The maximum Gasteiger partial charge on any atom is 0.161 e. The first-order valence-electron chi connectivity index (χ1n) is 6.27. The summed E-state index contributed by atoms with van der Waals surface area (Å²) in [6.07, 6.45) is 0. The van der Waals surface area contributed by atoms with Gasteiger partial charge in [0, 0.05) is 17.8 Å². The Kier molecular flexibility index (Phi) is 2.71. The zero-order valence-corrected chi connectivity index (χ0v) is 10.8. The quantitative estimate of drug-likeness (QED) is 0.753. The van der Waals surface area contributed by atoms with Gasteiger partial charge in [-0.25, -0.2) is 0 Å². The van der Waals surface area contributed by atoms with E-state index in [9.17, 15) is 0 Å². The predicted molar refractivity (Wildman–Crippen MR) is 74.0 cm³/mol. The molecule has 1 aliphatic heterocycles. The van der Waals surface area contributed by atoms with E-state index in [2.05, 4.69) is 61.2 Å². The van der Waals surface area contributed by atoms with Crippen molar-refractivity contribution in [3.63, 3.8) is 0 Å². The normalized spacial score (nSPS) is 14.0. The van der Waals surface area contributed by atoms with E-state index < -0.39 is 0 Å². The summed E-state index contributed by atoms with van der Waals surface area (Å²) in [7, 11) is 0. The van der Waals surface area contributed by atoms with Crippen LogP contribution in [0.2, 0.25) is 0 Å². The van der Waals surface area contributed by atoms with E-state index >= 15 is 0 Å². The molecule has 0 bridgehead atoms. The van der Waals surface area contributed by atoms with Crippen LogP contribution >= 0.6 is 0 Å². The lowest BCUT2D eigenvalue weighted by atomic mass is 10.1. The molecule has 1 heterocycles. The minimum absolute atomic E-state index is 0.626. The molecule has 1 aliphatic rings. The van der Waals surface area contributed by atoms with Crippen molar-refractivity contribution in [3.8, 4) is 5.75 Å². The van der Waals surface area contributed by atoms with Crippen LogP contribution in [0.5, 0.6) is 5.75 Å². The molecule has 2 nitrogen and oxygen atoms in total. The largest absolute Gasteiger partial charge is 0.473 e. The Hall–Kier alpha value is -1.96. The van der Waals surface area contributed by atoms with Gasteiger partial charge in [0.1, 0.15) is 5.75 Å². The van der Waals surface area contributed by atoms with E-state index in [-0.39, 0.29) is 0 Å². The molecule has 0 saturated carbocycles. The van der Waals surface area contributed by atoms with Crippen LogP contribution in [0, 0.1) is 13.8 Å². The molecule has 0 saturated heterocycles. The zero-order valence-electron chi connectivity index (χ0n) is 10.8. The fourth-order valence-electron chi connectivity index (χ4n) is 2.40. The van der Waals surface area contributed by atoms with E-state index in [1.54, 1.807) is 0 Å². The monoisotopic (exact) mass is 239 g/mol. The number of ether oxygens (including phenoxy) is 1. The topological polar surface area (TPSA) is 12.5 Å². The van der Waals surface area contributed by atoms with Crippen molar-refractivity contribution >= 4 is 5.69 Å². The molecule has 0 amide bonds. The van der Waals surface area contributed by atoms with Crippen LogP contribution in [0.3, 0.4) is 0 Å². The van der Waals surface area contributed by atoms with Crippen molar-refractivity contribution in [1.82, 2.24) is 0 Å². The fourth-order valence-corrected chi connectivity index (χ4v) is 2.40. The van der Waals surface area contributed by atoms with E-state index in [0.717, 1.165) is 12.3 Å². The van der Waals surface area contributed by atoms with Gasteiger partial charge in [-0.05, 0) is 37.1 Å². The second kappa shape index (κ2) is 4.37. The Morgan fingerprint density at radius 1 is 1.06 bits per heavy atom. The maximum absolute atomic E-state index is 5.85. The molecule has 2 aromatic carbocycles. The van der Waals surface area contributed by atoms with Crippen LogP contribution in [0.15, 0.2) is 42.5 Å². The summed E-state index contributed by atoms with van der Waals surface area (Å²) in [6, 6.07) is 14.9. The molecule has 0 aromatic heterocycles. The molecule has 92 valence electrons. The van der Waals surface area contributed by atoms with Crippen molar-refractivity contribution in [3.05, 3.63) is 59.2 Å². The Balaban J connectivity index is 1.92. The Bertz CT molecular complexity index is 577. The van der Waals surface area contributed by atoms with Crippen molar-refractivity contribution in [2.75, 3.05) is 11.6 Å². The zero-order chi connectivity index (χ0) is 12.5. The number of fused-ring (bicyclic) bond motifs is 1. The van der Waals surface area contributed by atoms with Crippen LogP contribution in [0.25, 0.3) is 0 Å². The smallest absolute Gasteiger partial charge is 0.161 e. The lowest BCUT2D eigenvalue weighted by Crippen LogP contribution is -2.32. The summed E-state index contributed by atoms with van der Waals surface area (Å²) < 4.78 is 5.85. The number of rotatable bonds is 1. The van der Waals surface area contributed by atoms with E-state index in [0.29, 0.717) is 6.73 Å². The van der Waals surface area contributed by atoms with Gasteiger partial charge in [-0.15, -0.1) is 0 Å². The highest BCUT2D eigenvalue weighted by molar-refractivity contribution is 5.55. The van der Waals surface area contributed by atoms with Gasteiger partial charge in [0.2, 0.25) is 0 Å². The van der Waals surface area contributed by atoms with Crippen molar-refractivity contribution in [2.24, 2.45) is 0 Å². The van der Waals surface area contributed by atoms with Crippen LogP contribution < -0.4 is 9.64 Å². The molecule has 0 unspecified atom stereocenters. The molecule has 2 aromatic rings. The second-order valence-corrected chi connectivity index (χ2v) is 4.87. The summed E-state index contributed by atoms with van der Waals surface area (Å²) in [4.78, 5) is 2.27. The molecule has 3 rings (SSSR count). The molecular formula is C16H17NO. The highest BCUT2D eigenvalue weighted by Crippen LogP contribution is 2.30. The van der Waals surface area contributed by atoms with Gasteiger partial charge >= 0.3 is 0 Å². The van der Waals surface area contributed by atoms with Gasteiger partial charge < -0.3 is 9.64 Å². The summed E-state index contributed by atoms with van der Waals surface area (Å²) >= 11 is 0. The van der Waals surface area contributed by atoms with Crippen LogP contribution in [0.1, 0.15) is 16.7 Å². The average Bonchev–Trinajstić information content (AvgIpc) is 2.39. The number of anilines is 1. The number of hydrogen-bond donors (Lipinski definition) is 0. The summed E-state index contributed by atoms with van der Waals surface area (Å²) in [5.41, 5.74) is 5.05. The number of nitrogens with zero attached hydrogens (tertiary/aromatic N) is 1. The predicted octanol–water partition coefficient (Wildman–Crippen LogP) is 3.66. The van der Waals surface area contributed by atoms with E-state index in [1.165, 1.54) is 22.4 Å². The summed E-state index contributed by atoms with van der Waals surface area (Å²) in [5.74, 6) is 1.03. The molecule has 0 fully saturated rings. The third-order valence-corrected chi connectivity index (χ3v) is 3.42. The van der Waals surface area contributed by atoms with Gasteiger partial charge in [0.25, 0.3) is 0 Å². The second-order valence-electron chi connectivity index (χ2n) is 4.87. The molecular weight excluding hydrogens is 222 g/mol. The van der Waals surface area contributed by atoms with Crippen molar-refractivity contribution in [2.45, 2.75) is 20.4 Å². The van der Waals surface area contributed by atoms with Gasteiger partial charge in [-0.3, -0.25) is 0 Å². The molecule has 2 heteroatoms. The number of benzene rings is 2.